The Hall–Kier alpha value is -3.03. The van der Waals surface area contributed by atoms with Gasteiger partial charge in [0, 0.05) is 23.0 Å². The molecular weight excluding hydrogens is 324 g/mol. The summed E-state index contributed by atoms with van der Waals surface area (Å²) in [6.07, 6.45) is 3.92. The number of aryl methyl sites for hydroxylation is 1. The molecule has 1 aromatic carbocycles. The van der Waals surface area contributed by atoms with Crippen LogP contribution in [0.5, 0.6) is 11.5 Å². The lowest BCUT2D eigenvalue weighted by atomic mass is 9.96. The number of ether oxygens (including phenoxy) is 2. The number of fused-ring (bicyclic) bond motifs is 2. The molecule has 2 heterocycles. The lowest BCUT2D eigenvalue weighted by molar-refractivity contribution is -0.115. The number of benzene rings is 1. The molecule has 8 heteroatoms. The van der Waals surface area contributed by atoms with Gasteiger partial charge in [0.15, 0.2) is 17.2 Å². The van der Waals surface area contributed by atoms with Gasteiger partial charge < -0.3 is 20.1 Å². The van der Waals surface area contributed by atoms with Gasteiger partial charge in [-0.25, -0.2) is 0 Å². The van der Waals surface area contributed by atoms with E-state index in [2.05, 4.69) is 20.8 Å². The first-order valence-corrected chi connectivity index (χ1v) is 8.24. The van der Waals surface area contributed by atoms with Gasteiger partial charge in [0.25, 0.3) is 5.91 Å². The number of anilines is 1. The highest BCUT2D eigenvalue weighted by molar-refractivity contribution is 5.99. The van der Waals surface area contributed by atoms with E-state index in [9.17, 15) is 9.59 Å². The maximum atomic E-state index is 12.3. The van der Waals surface area contributed by atoms with E-state index in [0.717, 1.165) is 36.9 Å². The van der Waals surface area contributed by atoms with Gasteiger partial charge in [0.05, 0.1) is 6.54 Å². The molecule has 3 N–H and O–H groups in total. The highest BCUT2D eigenvalue weighted by atomic mass is 16.7. The molecule has 2 aliphatic rings. The molecule has 0 fully saturated rings. The number of aromatic nitrogens is 2. The van der Waals surface area contributed by atoms with Crippen LogP contribution in [0.1, 0.15) is 34.6 Å². The quantitative estimate of drug-likeness (QED) is 0.779. The number of aromatic amines is 1. The molecular formula is C17H18N4O4. The zero-order valence-corrected chi connectivity index (χ0v) is 13.6. The van der Waals surface area contributed by atoms with E-state index in [1.807, 2.05) is 0 Å². The third kappa shape index (κ3) is 3.15. The number of carbonyl (C=O) groups excluding carboxylic acids is 2. The number of carbonyl (C=O) groups is 2. The van der Waals surface area contributed by atoms with Crippen LogP contribution >= 0.6 is 0 Å². The van der Waals surface area contributed by atoms with Gasteiger partial charge in [0.2, 0.25) is 12.7 Å². The molecule has 1 aliphatic heterocycles. The van der Waals surface area contributed by atoms with Crippen LogP contribution in [0.2, 0.25) is 0 Å². The smallest absolute Gasteiger partial charge is 0.272 e. The molecule has 0 atom stereocenters. The maximum absolute atomic E-state index is 12.3. The van der Waals surface area contributed by atoms with Crippen molar-refractivity contribution in [2.24, 2.45) is 0 Å². The zero-order valence-electron chi connectivity index (χ0n) is 13.6. The summed E-state index contributed by atoms with van der Waals surface area (Å²) in [4.78, 5) is 24.3. The van der Waals surface area contributed by atoms with Crippen LogP contribution in [-0.4, -0.2) is 35.3 Å². The molecule has 0 saturated carbocycles. The molecule has 2 aromatic rings. The molecule has 4 rings (SSSR count). The summed E-state index contributed by atoms with van der Waals surface area (Å²) in [6, 6.07) is 5.13. The van der Waals surface area contributed by atoms with Crippen LogP contribution in [0.3, 0.4) is 0 Å². The predicted octanol–water partition coefficient (Wildman–Crippen LogP) is 1.39. The third-order valence-electron chi connectivity index (χ3n) is 4.34. The minimum Gasteiger partial charge on any atom is -0.454 e. The number of nitrogens with one attached hydrogen (secondary N) is 3. The monoisotopic (exact) mass is 342 g/mol. The minimum absolute atomic E-state index is 0.130. The second kappa shape index (κ2) is 6.46. The number of hydrogen-bond acceptors (Lipinski definition) is 5. The Bertz CT molecular complexity index is 830. The Morgan fingerprint density at radius 2 is 2.00 bits per heavy atom. The van der Waals surface area contributed by atoms with Crippen LogP contribution in [0.25, 0.3) is 0 Å². The summed E-state index contributed by atoms with van der Waals surface area (Å²) in [5, 5.41) is 12.4. The number of rotatable bonds is 4. The van der Waals surface area contributed by atoms with E-state index in [4.69, 9.17) is 9.47 Å². The molecule has 130 valence electrons. The van der Waals surface area contributed by atoms with Crippen molar-refractivity contribution in [2.75, 3.05) is 18.7 Å². The molecule has 8 nitrogen and oxygen atoms in total. The first-order chi connectivity index (χ1) is 12.2. The van der Waals surface area contributed by atoms with Gasteiger partial charge in [-0.05, 0) is 37.8 Å². The molecule has 0 radical (unpaired) electrons. The fraction of sp³-hybridized carbons (Fsp3) is 0.353. The van der Waals surface area contributed by atoms with Crippen LogP contribution in [-0.2, 0) is 17.6 Å². The molecule has 2 amide bonds. The van der Waals surface area contributed by atoms with Gasteiger partial charge in [-0.15, -0.1) is 0 Å². The van der Waals surface area contributed by atoms with Crippen molar-refractivity contribution in [3.05, 3.63) is 35.2 Å². The van der Waals surface area contributed by atoms with E-state index in [1.165, 1.54) is 0 Å². The van der Waals surface area contributed by atoms with E-state index in [0.29, 0.717) is 22.9 Å². The minimum atomic E-state index is -0.333. The fourth-order valence-corrected chi connectivity index (χ4v) is 3.09. The molecule has 1 aliphatic carbocycles. The van der Waals surface area contributed by atoms with Crippen molar-refractivity contribution < 1.29 is 19.1 Å². The number of nitrogens with zero attached hydrogens (tertiary/aromatic N) is 1. The average Bonchev–Trinajstić information content (AvgIpc) is 3.26. The van der Waals surface area contributed by atoms with Gasteiger partial charge >= 0.3 is 0 Å². The van der Waals surface area contributed by atoms with Crippen molar-refractivity contribution in [1.29, 1.82) is 0 Å². The second-order valence-electron chi connectivity index (χ2n) is 6.04. The maximum Gasteiger partial charge on any atom is 0.272 e. The van der Waals surface area contributed by atoms with Crippen LogP contribution < -0.4 is 20.1 Å². The third-order valence-corrected chi connectivity index (χ3v) is 4.34. The van der Waals surface area contributed by atoms with E-state index in [-0.39, 0.29) is 25.2 Å². The molecule has 0 spiro atoms. The summed E-state index contributed by atoms with van der Waals surface area (Å²) in [5.41, 5.74) is 2.98. The van der Waals surface area contributed by atoms with Gasteiger partial charge in [-0.3, -0.25) is 14.7 Å². The number of amides is 2. The van der Waals surface area contributed by atoms with Gasteiger partial charge in [0.1, 0.15) is 0 Å². The van der Waals surface area contributed by atoms with Gasteiger partial charge in [-0.2, -0.15) is 5.10 Å². The van der Waals surface area contributed by atoms with Crippen molar-refractivity contribution in [1.82, 2.24) is 15.5 Å². The highest BCUT2D eigenvalue weighted by Crippen LogP contribution is 2.34. The largest absolute Gasteiger partial charge is 0.454 e. The highest BCUT2D eigenvalue weighted by Gasteiger charge is 2.22. The Morgan fingerprint density at radius 3 is 2.92 bits per heavy atom. The molecule has 0 bridgehead atoms. The van der Waals surface area contributed by atoms with Crippen LogP contribution in [0.4, 0.5) is 5.69 Å². The lowest BCUT2D eigenvalue weighted by Crippen LogP contribution is -2.33. The van der Waals surface area contributed by atoms with Gasteiger partial charge in [-0.1, -0.05) is 0 Å². The Labute approximate surface area is 143 Å². The SMILES string of the molecule is O=C(CNC(=O)c1n[nH]c2c1CCCC2)Nc1ccc2c(c1)OCO2. The van der Waals surface area contributed by atoms with Crippen LogP contribution in [0.15, 0.2) is 18.2 Å². The van der Waals surface area contributed by atoms with E-state index < -0.39 is 0 Å². The first kappa shape index (κ1) is 15.5. The zero-order chi connectivity index (χ0) is 17.2. The van der Waals surface area contributed by atoms with Crippen molar-refractivity contribution in [3.8, 4) is 11.5 Å². The summed E-state index contributed by atoms with van der Waals surface area (Å²) in [7, 11) is 0. The number of H-pyrrole nitrogens is 1. The molecule has 25 heavy (non-hydrogen) atoms. The summed E-state index contributed by atoms with van der Waals surface area (Å²) < 4.78 is 10.5. The average molecular weight is 342 g/mol. The molecule has 0 unspecified atom stereocenters. The molecule has 0 saturated heterocycles. The van der Waals surface area contributed by atoms with E-state index >= 15 is 0 Å². The first-order valence-electron chi connectivity index (χ1n) is 8.24. The second-order valence-corrected chi connectivity index (χ2v) is 6.04. The number of hydrogen-bond donors (Lipinski definition) is 3. The summed E-state index contributed by atoms with van der Waals surface area (Å²) in [5.74, 6) is 0.580. The Morgan fingerprint density at radius 1 is 1.16 bits per heavy atom. The molecule has 1 aromatic heterocycles. The van der Waals surface area contributed by atoms with Crippen LogP contribution in [0, 0.1) is 0 Å². The fourth-order valence-electron chi connectivity index (χ4n) is 3.09. The lowest BCUT2D eigenvalue weighted by Gasteiger charge is -2.11. The Kier molecular flexibility index (Phi) is 4.01. The summed E-state index contributed by atoms with van der Waals surface area (Å²) >= 11 is 0. The Balaban J connectivity index is 1.34. The van der Waals surface area contributed by atoms with Crippen molar-refractivity contribution in [2.45, 2.75) is 25.7 Å². The van der Waals surface area contributed by atoms with Crippen molar-refractivity contribution >= 4 is 17.5 Å². The summed E-state index contributed by atoms with van der Waals surface area (Å²) in [6.45, 7) is 0.0473. The topological polar surface area (TPSA) is 105 Å². The predicted molar refractivity (Wildman–Crippen MR) is 88.8 cm³/mol. The standard InChI is InChI=1S/C17H18N4O4/c22-15(19-10-5-6-13-14(7-10)25-9-24-13)8-18-17(23)16-11-3-1-2-4-12(11)20-21-16/h5-7H,1-4,8-9H2,(H,18,23)(H,19,22)(H,20,21). The normalized spacial score (nSPS) is 14.7. The van der Waals surface area contributed by atoms with Crippen molar-refractivity contribution in [3.63, 3.8) is 0 Å². The van der Waals surface area contributed by atoms with E-state index in [1.54, 1.807) is 18.2 Å².